The van der Waals surface area contributed by atoms with Crippen LogP contribution < -0.4 is 10.5 Å². The molecule has 2 rings (SSSR count). The molecule has 0 saturated heterocycles. The predicted molar refractivity (Wildman–Crippen MR) is 81.8 cm³/mol. The smallest absolute Gasteiger partial charge is 0.256 e. The molecule has 3 N–H and O–H groups in total. The van der Waals surface area contributed by atoms with Gasteiger partial charge in [-0.25, -0.2) is 17.9 Å². The van der Waals surface area contributed by atoms with Crippen molar-refractivity contribution in [1.29, 1.82) is 0 Å². The topological polar surface area (TPSA) is 102 Å². The van der Waals surface area contributed by atoms with Gasteiger partial charge in [0.15, 0.2) is 0 Å². The second kappa shape index (κ2) is 6.13. The lowest BCUT2D eigenvalue weighted by molar-refractivity contribution is 0.0935. The highest BCUT2D eigenvalue weighted by atomic mass is 32.2. The standard InChI is InChI=1S/C15H17FN2O4S/c1-8(11-5-4-6-12(16)7-11)18-15(19)13-9(2)22-10(3)14(13)23(17,20)21/h4-8H,1-3H3,(H,18,19)(H2,17,20,21)/t8-/m0/s1. The molecule has 1 aromatic heterocycles. The number of benzene rings is 1. The van der Waals surface area contributed by atoms with E-state index in [4.69, 9.17) is 9.56 Å². The van der Waals surface area contributed by atoms with E-state index in [0.717, 1.165) is 0 Å². The molecule has 1 aromatic carbocycles. The number of halogens is 1. The number of hydrogen-bond donors (Lipinski definition) is 2. The minimum absolute atomic E-state index is 0.0496. The molecule has 0 fully saturated rings. The van der Waals surface area contributed by atoms with E-state index in [9.17, 15) is 17.6 Å². The zero-order valence-electron chi connectivity index (χ0n) is 12.9. The first-order valence-electron chi connectivity index (χ1n) is 6.80. The molecule has 6 nitrogen and oxygen atoms in total. The number of hydrogen-bond acceptors (Lipinski definition) is 4. The Morgan fingerprint density at radius 3 is 2.52 bits per heavy atom. The van der Waals surface area contributed by atoms with Crippen LogP contribution in [0.5, 0.6) is 0 Å². The molecular weight excluding hydrogens is 323 g/mol. The Morgan fingerprint density at radius 1 is 1.30 bits per heavy atom. The van der Waals surface area contributed by atoms with E-state index in [2.05, 4.69) is 5.32 Å². The quantitative estimate of drug-likeness (QED) is 0.890. The van der Waals surface area contributed by atoms with Crippen molar-refractivity contribution in [2.45, 2.75) is 31.7 Å². The first-order chi connectivity index (χ1) is 10.6. The average Bonchev–Trinajstić information content (AvgIpc) is 2.73. The molecule has 1 heterocycles. The van der Waals surface area contributed by atoms with Gasteiger partial charge < -0.3 is 9.73 Å². The first-order valence-corrected chi connectivity index (χ1v) is 8.35. The summed E-state index contributed by atoms with van der Waals surface area (Å²) in [6, 6.07) is 5.24. The first kappa shape index (κ1) is 17.2. The second-order valence-electron chi connectivity index (χ2n) is 5.21. The van der Waals surface area contributed by atoms with Gasteiger partial charge >= 0.3 is 0 Å². The van der Waals surface area contributed by atoms with Crippen molar-refractivity contribution in [3.63, 3.8) is 0 Å². The van der Waals surface area contributed by atoms with Gasteiger partial charge in [-0.05, 0) is 38.5 Å². The van der Waals surface area contributed by atoms with E-state index in [1.807, 2.05) is 0 Å². The highest BCUT2D eigenvalue weighted by Crippen LogP contribution is 2.26. The average molecular weight is 340 g/mol. The second-order valence-corrected chi connectivity index (χ2v) is 6.71. The monoisotopic (exact) mass is 340 g/mol. The SMILES string of the molecule is Cc1oc(C)c(S(N)(=O)=O)c1C(=O)N[C@@H](C)c1cccc(F)c1. The predicted octanol–water partition coefficient (Wildman–Crippen LogP) is 2.17. The van der Waals surface area contributed by atoms with Gasteiger partial charge in [0.1, 0.15) is 27.8 Å². The Bertz CT molecular complexity index is 858. The number of primary sulfonamides is 1. The van der Waals surface area contributed by atoms with Gasteiger partial charge in [-0.3, -0.25) is 4.79 Å². The molecule has 23 heavy (non-hydrogen) atoms. The maximum atomic E-state index is 13.3. The lowest BCUT2D eigenvalue weighted by Crippen LogP contribution is -2.29. The zero-order valence-corrected chi connectivity index (χ0v) is 13.7. The summed E-state index contributed by atoms with van der Waals surface area (Å²) in [6.07, 6.45) is 0. The summed E-state index contributed by atoms with van der Waals surface area (Å²) in [5.41, 5.74) is 0.418. The number of furan rings is 1. The van der Waals surface area contributed by atoms with E-state index in [-0.39, 0.29) is 22.0 Å². The lowest BCUT2D eigenvalue weighted by atomic mass is 10.1. The summed E-state index contributed by atoms with van der Waals surface area (Å²) in [5, 5.41) is 7.77. The van der Waals surface area contributed by atoms with Crippen LogP contribution in [0.2, 0.25) is 0 Å². The Hall–Kier alpha value is -2.19. The third-order valence-electron chi connectivity index (χ3n) is 3.41. The van der Waals surface area contributed by atoms with Crippen LogP contribution in [0.3, 0.4) is 0 Å². The van der Waals surface area contributed by atoms with E-state index in [1.54, 1.807) is 13.0 Å². The number of nitrogens with two attached hydrogens (primary N) is 1. The van der Waals surface area contributed by atoms with E-state index < -0.39 is 27.8 Å². The molecule has 0 bridgehead atoms. The summed E-state index contributed by atoms with van der Waals surface area (Å²) < 4.78 is 41.8. The molecule has 2 aromatic rings. The third-order valence-corrected chi connectivity index (χ3v) is 4.47. The Balaban J connectivity index is 2.35. The number of carbonyl (C=O) groups excluding carboxylic acids is 1. The van der Waals surface area contributed by atoms with Crippen molar-refractivity contribution in [3.05, 3.63) is 52.7 Å². The number of carbonyl (C=O) groups is 1. The van der Waals surface area contributed by atoms with Crippen molar-refractivity contribution in [2.24, 2.45) is 5.14 Å². The van der Waals surface area contributed by atoms with Gasteiger partial charge in [-0.1, -0.05) is 12.1 Å². The molecule has 0 aliphatic carbocycles. The van der Waals surface area contributed by atoms with Crippen molar-refractivity contribution in [2.75, 3.05) is 0 Å². The van der Waals surface area contributed by atoms with Gasteiger partial charge in [0.2, 0.25) is 10.0 Å². The van der Waals surface area contributed by atoms with Crippen molar-refractivity contribution >= 4 is 15.9 Å². The fourth-order valence-corrected chi connectivity index (χ4v) is 3.36. The highest BCUT2D eigenvalue weighted by Gasteiger charge is 2.29. The van der Waals surface area contributed by atoms with Gasteiger partial charge in [-0.2, -0.15) is 0 Å². The molecule has 0 radical (unpaired) electrons. The summed E-state index contributed by atoms with van der Waals surface area (Å²) >= 11 is 0. The number of rotatable bonds is 4. The van der Waals surface area contributed by atoms with Gasteiger partial charge in [0.05, 0.1) is 6.04 Å². The van der Waals surface area contributed by atoms with Crippen molar-refractivity contribution in [3.8, 4) is 0 Å². The van der Waals surface area contributed by atoms with Gasteiger partial charge in [0.25, 0.3) is 5.91 Å². The van der Waals surface area contributed by atoms with E-state index >= 15 is 0 Å². The van der Waals surface area contributed by atoms with Crippen molar-refractivity contribution < 1.29 is 22.0 Å². The fourth-order valence-electron chi connectivity index (χ4n) is 2.40. The van der Waals surface area contributed by atoms with Gasteiger partial charge in [-0.15, -0.1) is 0 Å². The Labute approximate surface area is 133 Å². The van der Waals surface area contributed by atoms with Crippen LogP contribution in [0, 0.1) is 19.7 Å². The number of amides is 1. The van der Waals surface area contributed by atoms with Gasteiger partial charge in [0, 0.05) is 0 Å². The molecule has 0 aliphatic rings. The molecule has 0 saturated carbocycles. The van der Waals surface area contributed by atoms with E-state index in [0.29, 0.717) is 5.56 Å². The summed E-state index contributed by atoms with van der Waals surface area (Å²) in [7, 11) is -4.11. The maximum absolute atomic E-state index is 13.3. The molecule has 8 heteroatoms. The zero-order chi connectivity index (χ0) is 17.4. The highest BCUT2D eigenvalue weighted by molar-refractivity contribution is 7.89. The summed E-state index contributed by atoms with van der Waals surface area (Å²) in [4.78, 5) is 12.1. The van der Waals surface area contributed by atoms with Crippen LogP contribution >= 0.6 is 0 Å². The molecule has 0 spiro atoms. The number of aryl methyl sites for hydroxylation is 2. The van der Waals surface area contributed by atoms with E-state index in [1.165, 1.54) is 32.0 Å². The Kier molecular flexibility index (Phi) is 4.58. The number of nitrogens with one attached hydrogen (secondary N) is 1. The molecule has 1 amide bonds. The van der Waals surface area contributed by atoms with Crippen LogP contribution in [0.4, 0.5) is 4.39 Å². The Morgan fingerprint density at radius 2 is 1.96 bits per heavy atom. The van der Waals surface area contributed by atoms with Crippen LogP contribution in [-0.4, -0.2) is 14.3 Å². The fraction of sp³-hybridized carbons (Fsp3) is 0.267. The molecular formula is C15H17FN2O4S. The van der Waals surface area contributed by atoms with Crippen LogP contribution in [0.25, 0.3) is 0 Å². The van der Waals surface area contributed by atoms with Crippen molar-refractivity contribution in [1.82, 2.24) is 5.32 Å². The third kappa shape index (κ3) is 3.59. The largest absolute Gasteiger partial charge is 0.464 e. The molecule has 1 atom stereocenters. The molecule has 0 unspecified atom stereocenters. The molecule has 0 aliphatic heterocycles. The lowest BCUT2D eigenvalue weighted by Gasteiger charge is -2.14. The van der Waals surface area contributed by atoms with Crippen LogP contribution in [0.15, 0.2) is 33.6 Å². The van der Waals surface area contributed by atoms with Crippen LogP contribution in [0.1, 0.15) is 40.4 Å². The minimum Gasteiger partial charge on any atom is -0.464 e. The number of sulfonamides is 1. The normalized spacial score (nSPS) is 12.9. The molecule has 124 valence electrons. The van der Waals surface area contributed by atoms with Crippen LogP contribution in [-0.2, 0) is 10.0 Å². The summed E-state index contributed by atoms with van der Waals surface area (Å²) in [5.74, 6) is -0.881. The maximum Gasteiger partial charge on any atom is 0.256 e. The minimum atomic E-state index is -4.11. The summed E-state index contributed by atoms with van der Waals surface area (Å²) in [6.45, 7) is 4.55.